The van der Waals surface area contributed by atoms with Crippen LogP contribution in [-0.2, 0) is 0 Å². The van der Waals surface area contributed by atoms with Gasteiger partial charge in [0.15, 0.2) is 0 Å². The summed E-state index contributed by atoms with van der Waals surface area (Å²) in [6, 6.07) is 9.33. The molecule has 1 unspecified atom stereocenters. The zero-order valence-corrected chi connectivity index (χ0v) is 11.8. The Labute approximate surface area is 115 Å². The number of hydrogen-bond donors (Lipinski definition) is 1. The van der Waals surface area contributed by atoms with E-state index < -0.39 is 6.10 Å². The number of aromatic nitrogens is 1. The maximum absolute atomic E-state index is 10.4. The van der Waals surface area contributed by atoms with E-state index in [0.717, 1.165) is 15.6 Å². The van der Waals surface area contributed by atoms with Crippen molar-refractivity contribution in [1.29, 1.82) is 0 Å². The van der Waals surface area contributed by atoms with Crippen molar-refractivity contribution in [1.82, 2.24) is 4.98 Å². The third-order valence-electron chi connectivity index (χ3n) is 2.81. The summed E-state index contributed by atoms with van der Waals surface area (Å²) < 4.78 is 6.21. The molecule has 0 aliphatic rings. The molecule has 1 aromatic carbocycles. The van der Waals surface area contributed by atoms with E-state index in [1.165, 1.54) is 0 Å². The van der Waals surface area contributed by atoms with Crippen LogP contribution in [0.1, 0.15) is 22.9 Å². The summed E-state index contributed by atoms with van der Waals surface area (Å²) in [6.45, 7) is 1.96. The number of nitrogens with zero attached hydrogens (tertiary/aromatic N) is 1. The molecule has 0 spiro atoms. The lowest BCUT2D eigenvalue weighted by Gasteiger charge is -2.16. The SMILES string of the molecule is COc1cccnc1C(O)c1ccc(Br)cc1C. The highest BCUT2D eigenvalue weighted by Gasteiger charge is 2.18. The number of aliphatic hydroxyl groups is 1. The van der Waals surface area contributed by atoms with Gasteiger partial charge in [-0.2, -0.15) is 0 Å². The van der Waals surface area contributed by atoms with Gasteiger partial charge in [0.2, 0.25) is 0 Å². The van der Waals surface area contributed by atoms with Crippen molar-refractivity contribution in [2.45, 2.75) is 13.0 Å². The lowest BCUT2D eigenvalue weighted by Crippen LogP contribution is -2.06. The van der Waals surface area contributed by atoms with Crippen LogP contribution in [0.3, 0.4) is 0 Å². The average Bonchev–Trinajstić information content (AvgIpc) is 2.38. The van der Waals surface area contributed by atoms with Crippen LogP contribution < -0.4 is 4.74 Å². The van der Waals surface area contributed by atoms with E-state index in [1.807, 2.05) is 25.1 Å². The van der Waals surface area contributed by atoms with Crippen molar-refractivity contribution in [3.8, 4) is 5.75 Å². The molecule has 1 N–H and O–H groups in total. The van der Waals surface area contributed by atoms with Crippen molar-refractivity contribution >= 4 is 15.9 Å². The molecule has 3 nitrogen and oxygen atoms in total. The quantitative estimate of drug-likeness (QED) is 0.946. The number of benzene rings is 1. The van der Waals surface area contributed by atoms with E-state index in [-0.39, 0.29) is 0 Å². The van der Waals surface area contributed by atoms with Crippen molar-refractivity contribution in [2.75, 3.05) is 7.11 Å². The van der Waals surface area contributed by atoms with Gasteiger partial charge >= 0.3 is 0 Å². The van der Waals surface area contributed by atoms with Gasteiger partial charge in [0, 0.05) is 10.7 Å². The highest BCUT2D eigenvalue weighted by atomic mass is 79.9. The third kappa shape index (κ3) is 2.54. The average molecular weight is 308 g/mol. The Morgan fingerprint density at radius 2 is 2.11 bits per heavy atom. The van der Waals surface area contributed by atoms with E-state index in [0.29, 0.717) is 11.4 Å². The normalized spacial score (nSPS) is 12.2. The number of rotatable bonds is 3. The molecule has 0 aliphatic heterocycles. The Kier molecular flexibility index (Phi) is 3.99. The summed E-state index contributed by atoms with van der Waals surface area (Å²) in [5, 5.41) is 10.4. The van der Waals surface area contributed by atoms with Gasteiger partial charge in [-0.05, 0) is 42.3 Å². The number of pyridine rings is 1. The predicted octanol–water partition coefficient (Wildman–Crippen LogP) is 3.24. The summed E-state index contributed by atoms with van der Waals surface area (Å²) in [5.41, 5.74) is 2.37. The van der Waals surface area contributed by atoms with Crippen molar-refractivity contribution in [2.24, 2.45) is 0 Å². The second-order valence-electron chi connectivity index (χ2n) is 3.99. The molecule has 4 heteroatoms. The molecule has 0 amide bonds. The van der Waals surface area contributed by atoms with E-state index in [4.69, 9.17) is 4.74 Å². The van der Waals surface area contributed by atoms with E-state index in [1.54, 1.807) is 25.4 Å². The van der Waals surface area contributed by atoms with Gasteiger partial charge in [0.05, 0.1) is 7.11 Å². The monoisotopic (exact) mass is 307 g/mol. The molecule has 18 heavy (non-hydrogen) atoms. The molecule has 0 saturated heterocycles. The first kappa shape index (κ1) is 13.1. The highest BCUT2D eigenvalue weighted by Crippen LogP contribution is 2.30. The summed E-state index contributed by atoms with van der Waals surface area (Å²) >= 11 is 3.41. The third-order valence-corrected chi connectivity index (χ3v) is 3.30. The first-order chi connectivity index (χ1) is 8.63. The molecule has 0 aliphatic carbocycles. The smallest absolute Gasteiger partial charge is 0.143 e. The van der Waals surface area contributed by atoms with Gasteiger partial charge < -0.3 is 9.84 Å². The minimum Gasteiger partial charge on any atom is -0.495 e. The summed E-state index contributed by atoms with van der Waals surface area (Å²) in [6.07, 6.45) is 0.865. The fraction of sp³-hybridized carbons (Fsp3) is 0.214. The largest absolute Gasteiger partial charge is 0.495 e. The number of aliphatic hydroxyl groups excluding tert-OH is 1. The van der Waals surface area contributed by atoms with Crippen LogP contribution in [0.2, 0.25) is 0 Å². The zero-order chi connectivity index (χ0) is 13.1. The first-order valence-corrected chi connectivity index (χ1v) is 6.36. The summed E-state index contributed by atoms with van der Waals surface area (Å²) in [4.78, 5) is 4.20. The van der Waals surface area contributed by atoms with Crippen molar-refractivity contribution < 1.29 is 9.84 Å². The number of hydrogen-bond acceptors (Lipinski definition) is 3. The molecular formula is C14H14BrNO2. The van der Waals surface area contributed by atoms with Gasteiger partial charge in [0.1, 0.15) is 17.5 Å². The molecule has 0 fully saturated rings. The zero-order valence-electron chi connectivity index (χ0n) is 10.2. The standard InChI is InChI=1S/C14H14BrNO2/c1-9-8-10(15)5-6-11(9)14(17)13-12(18-2)4-3-7-16-13/h3-8,14,17H,1-2H3. The van der Waals surface area contributed by atoms with Gasteiger partial charge in [0.25, 0.3) is 0 Å². The van der Waals surface area contributed by atoms with Crippen LogP contribution in [-0.4, -0.2) is 17.2 Å². The lowest BCUT2D eigenvalue weighted by atomic mass is 10.0. The molecule has 1 atom stereocenters. The second kappa shape index (κ2) is 5.50. The number of methoxy groups -OCH3 is 1. The molecule has 2 rings (SSSR count). The highest BCUT2D eigenvalue weighted by molar-refractivity contribution is 9.10. The van der Waals surface area contributed by atoms with Gasteiger partial charge in [-0.1, -0.05) is 22.0 Å². The topological polar surface area (TPSA) is 42.4 Å². The Hall–Kier alpha value is -1.39. The van der Waals surface area contributed by atoms with Crippen LogP contribution in [0.15, 0.2) is 41.0 Å². The maximum Gasteiger partial charge on any atom is 0.143 e. The van der Waals surface area contributed by atoms with Crippen molar-refractivity contribution in [3.63, 3.8) is 0 Å². The predicted molar refractivity (Wildman–Crippen MR) is 73.7 cm³/mol. The molecular weight excluding hydrogens is 294 g/mol. The number of aryl methyl sites for hydroxylation is 1. The Bertz CT molecular complexity index is 557. The minimum absolute atomic E-state index is 0.533. The van der Waals surface area contributed by atoms with Gasteiger partial charge in [-0.25, -0.2) is 0 Å². The molecule has 2 aromatic rings. The molecule has 1 heterocycles. The van der Waals surface area contributed by atoms with Crippen LogP contribution in [0.4, 0.5) is 0 Å². The first-order valence-electron chi connectivity index (χ1n) is 5.56. The summed E-state index contributed by atoms with van der Waals surface area (Å²) in [5.74, 6) is 0.590. The molecule has 0 bridgehead atoms. The van der Waals surface area contributed by atoms with Crippen LogP contribution >= 0.6 is 15.9 Å². The van der Waals surface area contributed by atoms with Crippen LogP contribution in [0.5, 0.6) is 5.75 Å². The van der Waals surface area contributed by atoms with Gasteiger partial charge in [-0.3, -0.25) is 4.98 Å². The number of ether oxygens (including phenoxy) is 1. The van der Waals surface area contributed by atoms with Crippen LogP contribution in [0, 0.1) is 6.92 Å². The summed E-state index contributed by atoms with van der Waals surface area (Å²) in [7, 11) is 1.57. The molecule has 0 radical (unpaired) electrons. The minimum atomic E-state index is -0.783. The molecule has 0 saturated carbocycles. The fourth-order valence-electron chi connectivity index (χ4n) is 1.87. The van der Waals surface area contributed by atoms with E-state index in [9.17, 15) is 5.11 Å². The van der Waals surface area contributed by atoms with Crippen molar-refractivity contribution in [3.05, 3.63) is 57.8 Å². The van der Waals surface area contributed by atoms with Crippen LogP contribution in [0.25, 0.3) is 0 Å². The Balaban J connectivity index is 2.44. The van der Waals surface area contributed by atoms with E-state index in [2.05, 4.69) is 20.9 Å². The second-order valence-corrected chi connectivity index (χ2v) is 4.91. The van der Waals surface area contributed by atoms with Gasteiger partial charge in [-0.15, -0.1) is 0 Å². The number of halogens is 1. The molecule has 1 aromatic heterocycles. The Morgan fingerprint density at radius 3 is 2.78 bits per heavy atom. The lowest BCUT2D eigenvalue weighted by molar-refractivity contribution is 0.208. The molecule has 94 valence electrons. The Morgan fingerprint density at radius 1 is 1.33 bits per heavy atom. The van der Waals surface area contributed by atoms with E-state index >= 15 is 0 Å². The maximum atomic E-state index is 10.4. The fourth-order valence-corrected chi connectivity index (χ4v) is 2.35.